The maximum Gasteiger partial charge on any atom is 0.311 e. The molecule has 3 nitrogen and oxygen atoms in total. The molecule has 2 saturated heterocycles. The molecule has 0 radical (unpaired) electrons. The number of fused-ring (bicyclic) bond motifs is 4. The Morgan fingerprint density at radius 3 is 2.52 bits per heavy atom. The lowest BCUT2D eigenvalue weighted by Crippen LogP contribution is -2.49. The van der Waals surface area contributed by atoms with Crippen molar-refractivity contribution in [2.45, 2.75) is 31.7 Å². The Hall–Kier alpha value is -2.13. The number of carboxylic acids is 1. The number of aryl methyl sites for hydroxylation is 1. The number of hydrogen-bond donors (Lipinski definition) is 1. The van der Waals surface area contributed by atoms with Gasteiger partial charge < -0.3 is 5.11 Å². The minimum absolute atomic E-state index is 0.162. The van der Waals surface area contributed by atoms with Crippen molar-refractivity contribution >= 4 is 5.97 Å². The molecule has 0 spiro atoms. The van der Waals surface area contributed by atoms with E-state index in [0.29, 0.717) is 19.0 Å². The average Bonchev–Trinajstić information content (AvgIpc) is 2.81. The van der Waals surface area contributed by atoms with E-state index in [2.05, 4.69) is 54.3 Å². The first-order chi connectivity index (χ1) is 12.1. The normalized spacial score (nSPS) is 33.1. The van der Waals surface area contributed by atoms with E-state index in [0.717, 1.165) is 13.0 Å². The highest BCUT2D eigenvalue weighted by atomic mass is 16.4. The Labute approximate surface area is 148 Å². The van der Waals surface area contributed by atoms with Crippen LogP contribution in [0.25, 0.3) is 0 Å². The summed E-state index contributed by atoms with van der Waals surface area (Å²) in [7, 11) is 0. The fourth-order valence-electron chi connectivity index (χ4n) is 5.73. The van der Waals surface area contributed by atoms with E-state index in [1.165, 1.54) is 22.3 Å². The highest BCUT2D eigenvalue weighted by molar-refractivity contribution is 5.78. The highest BCUT2D eigenvalue weighted by Gasteiger charge is 2.64. The van der Waals surface area contributed by atoms with Gasteiger partial charge in [-0.25, -0.2) is 0 Å². The van der Waals surface area contributed by atoms with Crippen molar-refractivity contribution in [1.82, 2.24) is 4.90 Å². The van der Waals surface area contributed by atoms with Crippen molar-refractivity contribution in [2.75, 3.05) is 13.1 Å². The van der Waals surface area contributed by atoms with Gasteiger partial charge in [0.05, 0.1) is 5.41 Å². The maximum atomic E-state index is 12.5. The van der Waals surface area contributed by atoms with E-state index < -0.39 is 11.4 Å². The zero-order valence-corrected chi connectivity index (χ0v) is 14.5. The van der Waals surface area contributed by atoms with Crippen LogP contribution in [-0.4, -0.2) is 35.1 Å². The second kappa shape index (κ2) is 5.18. The Bertz CT molecular complexity index is 861. The molecule has 2 aromatic rings. The first kappa shape index (κ1) is 15.2. The molecule has 4 unspecified atom stereocenters. The summed E-state index contributed by atoms with van der Waals surface area (Å²) in [5.41, 5.74) is 4.48. The van der Waals surface area contributed by atoms with E-state index in [9.17, 15) is 9.90 Å². The van der Waals surface area contributed by atoms with Gasteiger partial charge in [0.15, 0.2) is 0 Å². The van der Waals surface area contributed by atoms with Crippen molar-refractivity contribution in [3.05, 3.63) is 70.8 Å². The van der Waals surface area contributed by atoms with E-state index in [1.54, 1.807) is 0 Å². The van der Waals surface area contributed by atoms with Gasteiger partial charge in [0, 0.05) is 24.4 Å². The molecule has 1 N–H and O–H groups in total. The van der Waals surface area contributed by atoms with Crippen LogP contribution in [0, 0.1) is 18.3 Å². The largest absolute Gasteiger partial charge is 0.481 e. The first-order valence-electron chi connectivity index (χ1n) is 9.22. The van der Waals surface area contributed by atoms with Gasteiger partial charge in [-0.2, -0.15) is 0 Å². The quantitative estimate of drug-likeness (QED) is 0.915. The molecule has 3 heteroatoms. The van der Waals surface area contributed by atoms with Gasteiger partial charge in [-0.3, -0.25) is 9.69 Å². The average molecular weight is 333 g/mol. The first-order valence-corrected chi connectivity index (χ1v) is 9.22. The minimum atomic E-state index is -0.650. The zero-order chi connectivity index (χ0) is 17.2. The molecular formula is C22H23NO2. The third kappa shape index (κ3) is 1.93. The number of carboxylic acid groups (broad SMARTS) is 1. The molecule has 0 aromatic heterocycles. The summed E-state index contributed by atoms with van der Waals surface area (Å²) >= 11 is 0. The number of nitrogens with zero attached hydrogens (tertiary/aromatic N) is 1. The van der Waals surface area contributed by atoms with Gasteiger partial charge in [-0.15, -0.1) is 0 Å². The molecule has 2 aliphatic heterocycles. The molecule has 3 aliphatic rings. The maximum absolute atomic E-state index is 12.5. The molecule has 5 rings (SSSR count). The highest BCUT2D eigenvalue weighted by Crippen LogP contribution is 2.59. The van der Waals surface area contributed by atoms with E-state index in [1.807, 2.05) is 6.07 Å². The molecular weight excluding hydrogens is 310 g/mol. The summed E-state index contributed by atoms with van der Waals surface area (Å²) in [6, 6.07) is 17.4. The predicted octanol–water partition coefficient (Wildman–Crippen LogP) is 3.46. The van der Waals surface area contributed by atoms with E-state index in [4.69, 9.17) is 0 Å². The van der Waals surface area contributed by atoms with Crippen molar-refractivity contribution in [2.24, 2.45) is 11.3 Å². The van der Waals surface area contributed by atoms with Crippen LogP contribution in [0.15, 0.2) is 48.5 Å². The summed E-state index contributed by atoms with van der Waals surface area (Å²) < 4.78 is 0. The van der Waals surface area contributed by atoms with Crippen LogP contribution < -0.4 is 0 Å². The van der Waals surface area contributed by atoms with E-state index in [-0.39, 0.29) is 11.8 Å². The number of rotatable bonds is 2. The van der Waals surface area contributed by atoms with Crippen molar-refractivity contribution < 1.29 is 9.90 Å². The zero-order valence-electron chi connectivity index (χ0n) is 14.5. The molecule has 0 saturated carbocycles. The lowest BCUT2D eigenvalue weighted by Gasteiger charge is -2.46. The van der Waals surface area contributed by atoms with E-state index >= 15 is 0 Å². The van der Waals surface area contributed by atoms with Crippen molar-refractivity contribution in [3.8, 4) is 0 Å². The van der Waals surface area contributed by atoms with Crippen molar-refractivity contribution in [3.63, 3.8) is 0 Å². The summed E-state index contributed by atoms with van der Waals surface area (Å²) in [4.78, 5) is 14.9. The summed E-state index contributed by atoms with van der Waals surface area (Å²) in [5.74, 6) is -0.271. The van der Waals surface area contributed by atoms with Gasteiger partial charge >= 0.3 is 5.97 Å². The second-order valence-corrected chi connectivity index (χ2v) is 8.02. The second-order valence-electron chi connectivity index (χ2n) is 8.02. The van der Waals surface area contributed by atoms with Crippen LogP contribution in [0.1, 0.15) is 34.6 Å². The number of hydrogen-bond acceptors (Lipinski definition) is 2. The third-order valence-electron chi connectivity index (χ3n) is 6.92. The molecule has 2 aromatic carbocycles. The van der Waals surface area contributed by atoms with Gasteiger partial charge in [0.25, 0.3) is 0 Å². The van der Waals surface area contributed by atoms with Crippen LogP contribution >= 0.6 is 0 Å². The summed E-state index contributed by atoms with van der Waals surface area (Å²) in [5, 5.41) is 10.3. The topological polar surface area (TPSA) is 40.5 Å². The molecule has 4 atom stereocenters. The van der Waals surface area contributed by atoms with Gasteiger partial charge in [0.2, 0.25) is 0 Å². The number of aliphatic carboxylic acids is 1. The monoisotopic (exact) mass is 333 g/mol. The van der Waals surface area contributed by atoms with Crippen molar-refractivity contribution in [1.29, 1.82) is 0 Å². The van der Waals surface area contributed by atoms with Gasteiger partial charge in [0.1, 0.15) is 0 Å². The molecule has 25 heavy (non-hydrogen) atoms. The molecule has 0 amide bonds. The SMILES string of the molecule is Cc1ccccc1C1c2ccccc2CC2(C(=O)O)CN3CCC3C12. The smallest absolute Gasteiger partial charge is 0.311 e. The lowest BCUT2D eigenvalue weighted by atomic mass is 9.57. The van der Waals surface area contributed by atoms with Crippen LogP contribution in [-0.2, 0) is 11.2 Å². The number of benzene rings is 2. The van der Waals surface area contributed by atoms with Crippen LogP contribution in [0.2, 0.25) is 0 Å². The molecule has 1 aliphatic carbocycles. The predicted molar refractivity (Wildman–Crippen MR) is 96.7 cm³/mol. The summed E-state index contributed by atoms with van der Waals surface area (Å²) in [6.07, 6.45) is 1.79. The Balaban J connectivity index is 1.77. The summed E-state index contributed by atoms with van der Waals surface area (Å²) in [6.45, 7) is 3.91. The Morgan fingerprint density at radius 1 is 1.12 bits per heavy atom. The van der Waals surface area contributed by atoms with Crippen LogP contribution in [0.4, 0.5) is 0 Å². The van der Waals surface area contributed by atoms with Crippen LogP contribution in [0.5, 0.6) is 0 Å². The third-order valence-corrected chi connectivity index (χ3v) is 6.92. The fraction of sp³-hybridized carbons (Fsp3) is 0.409. The minimum Gasteiger partial charge on any atom is -0.481 e. The van der Waals surface area contributed by atoms with Crippen LogP contribution in [0.3, 0.4) is 0 Å². The lowest BCUT2D eigenvalue weighted by molar-refractivity contribution is -0.151. The molecule has 2 fully saturated rings. The molecule has 0 bridgehead atoms. The standard InChI is InChI=1S/C22H23NO2/c1-14-6-2-4-8-16(14)19-17-9-5-3-7-15(17)12-22(21(24)25)13-23-11-10-18(23)20(19)22/h2-9,18-20H,10-13H2,1H3,(H,24,25). The Morgan fingerprint density at radius 2 is 1.84 bits per heavy atom. The van der Waals surface area contributed by atoms with Gasteiger partial charge in [-0.1, -0.05) is 48.5 Å². The molecule has 2 heterocycles. The van der Waals surface area contributed by atoms with Gasteiger partial charge in [-0.05, 0) is 48.6 Å². The fourth-order valence-corrected chi connectivity index (χ4v) is 5.73. The molecule has 128 valence electrons. The Kier molecular flexibility index (Phi) is 3.14. The number of carbonyl (C=O) groups is 1.